The van der Waals surface area contributed by atoms with Gasteiger partial charge in [0.2, 0.25) is 0 Å². The first kappa shape index (κ1) is 18.5. The number of halogens is 1. The highest BCUT2D eigenvalue weighted by Crippen LogP contribution is 2.59. The summed E-state index contributed by atoms with van der Waals surface area (Å²) >= 11 is 3.40. The Bertz CT molecular complexity index is 516. The molecule has 0 aliphatic heterocycles. The van der Waals surface area contributed by atoms with Crippen molar-refractivity contribution in [1.82, 2.24) is 0 Å². The molecule has 2 N–H and O–H groups in total. The summed E-state index contributed by atoms with van der Waals surface area (Å²) in [6, 6.07) is 3.37. The summed E-state index contributed by atoms with van der Waals surface area (Å²) in [5.74, 6) is 0.111. The molecule has 0 saturated carbocycles. The van der Waals surface area contributed by atoms with Crippen LogP contribution in [0.25, 0.3) is 0 Å². The van der Waals surface area contributed by atoms with E-state index in [0.717, 1.165) is 0 Å². The van der Waals surface area contributed by atoms with Gasteiger partial charge in [-0.3, -0.25) is 4.57 Å². The molecule has 0 aliphatic carbocycles. The predicted molar refractivity (Wildman–Crippen MR) is 85.0 cm³/mol. The van der Waals surface area contributed by atoms with Crippen molar-refractivity contribution < 1.29 is 23.1 Å². The molecular weight excluding hydrogens is 361 g/mol. The number of ether oxygens (including phenoxy) is 2. The van der Waals surface area contributed by atoms with Crippen LogP contribution < -0.4 is 15.2 Å². The maximum Gasteiger partial charge on any atom is 0.351 e. The molecule has 0 heterocycles. The summed E-state index contributed by atoms with van der Waals surface area (Å²) < 4.78 is 34.4. The summed E-state index contributed by atoms with van der Waals surface area (Å²) in [7, 11) is -0.405. The van der Waals surface area contributed by atoms with Gasteiger partial charge in [-0.15, -0.1) is 0 Å². The molecule has 0 radical (unpaired) electrons. The lowest BCUT2D eigenvalue weighted by molar-refractivity contribution is 0.212. The first-order valence-corrected chi connectivity index (χ1v) is 8.89. The van der Waals surface area contributed by atoms with Crippen molar-refractivity contribution in [2.45, 2.75) is 19.6 Å². The molecule has 21 heavy (non-hydrogen) atoms. The first-order chi connectivity index (χ1) is 9.93. The van der Waals surface area contributed by atoms with Crippen LogP contribution in [0.3, 0.4) is 0 Å². The van der Waals surface area contributed by atoms with E-state index in [1.165, 1.54) is 14.2 Å². The maximum absolute atomic E-state index is 12.8. The van der Waals surface area contributed by atoms with E-state index < -0.39 is 13.4 Å². The Hall–Kier alpha value is -0.590. The van der Waals surface area contributed by atoms with Gasteiger partial charge in [0.05, 0.1) is 27.4 Å². The van der Waals surface area contributed by atoms with Gasteiger partial charge in [0.15, 0.2) is 11.5 Å². The highest BCUT2D eigenvalue weighted by molar-refractivity contribution is 9.10. The van der Waals surface area contributed by atoms with Gasteiger partial charge in [0.1, 0.15) is 5.78 Å². The van der Waals surface area contributed by atoms with Crippen LogP contribution >= 0.6 is 23.5 Å². The zero-order chi connectivity index (χ0) is 16.0. The van der Waals surface area contributed by atoms with Crippen molar-refractivity contribution >= 4 is 23.5 Å². The quantitative estimate of drug-likeness (QED) is 0.691. The Balaban J connectivity index is 3.27. The number of nitrogens with two attached hydrogens (primary N) is 1. The van der Waals surface area contributed by atoms with Crippen LogP contribution in [0.5, 0.6) is 11.5 Å². The molecule has 0 saturated heterocycles. The third-order valence-electron chi connectivity index (χ3n) is 2.78. The average Bonchev–Trinajstić information content (AvgIpc) is 2.46. The second-order valence-electron chi connectivity index (χ2n) is 4.05. The predicted octanol–water partition coefficient (Wildman–Crippen LogP) is 3.69. The third kappa shape index (κ3) is 4.20. The number of hydrogen-bond donors (Lipinski definition) is 1. The van der Waals surface area contributed by atoms with Gasteiger partial charge >= 0.3 is 7.60 Å². The number of hydrogen-bond acceptors (Lipinski definition) is 6. The van der Waals surface area contributed by atoms with Crippen LogP contribution in [0.1, 0.15) is 25.2 Å². The van der Waals surface area contributed by atoms with Crippen molar-refractivity contribution in [3.63, 3.8) is 0 Å². The zero-order valence-corrected chi connectivity index (χ0v) is 15.1. The molecule has 0 aromatic heterocycles. The monoisotopic (exact) mass is 381 g/mol. The van der Waals surface area contributed by atoms with Gasteiger partial charge in [-0.1, -0.05) is 15.9 Å². The molecule has 1 aromatic rings. The maximum atomic E-state index is 12.8. The summed E-state index contributed by atoms with van der Waals surface area (Å²) in [6.07, 6.45) is 0. The fourth-order valence-corrected chi connectivity index (χ4v) is 4.24. The van der Waals surface area contributed by atoms with Gasteiger partial charge in [0, 0.05) is 4.47 Å². The molecular formula is C13H21BrNO5P. The molecule has 0 unspecified atom stereocenters. The van der Waals surface area contributed by atoms with Gasteiger partial charge in [0.25, 0.3) is 0 Å². The van der Waals surface area contributed by atoms with Gasteiger partial charge < -0.3 is 24.3 Å². The molecule has 120 valence electrons. The Morgan fingerprint density at radius 3 is 2.05 bits per heavy atom. The first-order valence-electron chi connectivity index (χ1n) is 6.49. The number of benzene rings is 1. The minimum atomic E-state index is -3.46. The molecule has 0 amide bonds. The van der Waals surface area contributed by atoms with Crippen LogP contribution in [-0.2, 0) is 13.6 Å². The Labute approximate surface area is 133 Å². The smallest absolute Gasteiger partial charge is 0.351 e. The Morgan fingerprint density at radius 1 is 1.14 bits per heavy atom. The van der Waals surface area contributed by atoms with Gasteiger partial charge in [-0.25, -0.2) is 0 Å². The molecule has 1 atom stereocenters. The lowest BCUT2D eigenvalue weighted by Crippen LogP contribution is -2.16. The summed E-state index contributed by atoms with van der Waals surface area (Å²) in [6.45, 7) is 3.97. The molecule has 0 spiro atoms. The molecule has 0 bridgehead atoms. The zero-order valence-electron chi connectivity index (χ0n) is 12.6. The second kappa shape index (κ2) is 8.15. The van der Waals surface area contributed by atoms with Crippen molar-refractivity contribution in [3.8, 4) is 11.5 Å². The van der Waals surface area contributed by atoms with Crippen LogP contribution in [0, 0.1) is 0 Å². The molecule has 8 heteroatoms. The minimum absolute atomic E-state index is 0.246. The van der Waals surface area contributed by atoms with Crippen molar-refractivity contribution in [2.24, 2.45) is 5.73 Å². The topological polar surface area (TPSA) is 80.0 Å². The fraction of sp³-hybridized carbons (Fsp3) is 0.538. The second-order valence-corrected chi connectivity index (χ2v) is 7.06. The van der Waals surface area contributed by atoms with Gasteiger partial charge in [-0.2, -0.15) is 0 Å². The fourth-order valence-electron chi connectivity index (χ4n) is 1.82. The van der Waals surface area contributed by atoms with E-state index in [-0.39, 0.29) is 13.2 Å². The number of rotatable bonds is 8. The SMILES string of the molecule is CCOP(=O)(OCC)[C@H](N)c1cc(OC)c(OC)cc1Br. The largest absolute Gasteiger partial charge is 0.493 e. The van der Waals surface area contributed by atoms with E-state index in [4.69, 9.17) is 24.3 Å². The minimum Gasteiger partial charge on any atom is -0.493 e. The van der Waals surface area contributed by atoms with Crippen molar-refractivity contribution in [2.75, 3.05) is 27.4 Å². The summed E-state index contributed by atoms with van der Waals surface area (Å²) in [5, 5.41) is 0. The molecule has 6 nitrogen and oxygen atoms in total. The third-order valence-corrected chi connectivity index (χ3v) is 5.66. The normalized spacial score (nSPS) is 13.0. The van der Waals surface area contributed by atoms with Crippen LogP contribution in [0.15, 0.2) is 16.6 Å². The van der Waals surface area contributed by atoms with E-state index in [2.05, 4.69) is 15.9 Å². The summed E-state index contributed by atoms with van der Waals surface area (Å²) in [5.41, 5.74) is 6.69. The van der Waals surface area contributed by atoms with Gasteiger partial charge in [-0.05, 0) is 31.5 Å². The lowest BCUT2D eigenvalue weighted by Gasteiger charge is -2.24. The highest BCUT2D eigenvalue weighted by Gasteiger charge is 2.35. The molecule has 0 aliphatic rings. The van der Waals surface area contributed by atoms with E-state index in [0.29, 0.717) is 21.5 Å². The number of methoxy groups -OCH3 is 2. The van der Waals surface area contributed by atoms with E-state index in [9.17, 15) is 4.57 Å². The van der Waals surface area contributed by atoms with E-state index in [1.54, 1.807) is 26.0 Å². The standard InChI is InChI=1S/C13H21BrNO5P/c1-5-19-21(16,20-6-2)13(15)9-7-11(17-3)12(18-4)8-10(9)14/h7-8,13H,5-6,15H2,1-4H3/t13-/m0/s1. The lowest BCUT2D eigenvalue weighted by atomic mass is 10.2. The summed E-state index contributed by atoms with van der Waals surface area (Å²) in [4.78, 5) is 0. The van der Waals surface area contributed by atoms with Crippen LogP contribution in [-0.4, -0.2) is 27.4 Å². The van der Waals surface area contributed by atoms with Crippen LogP contribution in [0.4, 0.5) is 0 Å². The average molecular weight is 382 g/mol. The van der Waals surface area contributed by atoms with Crippen LogP contribution in [0.2, 0.25) is 0 Å². The van der Waals surface area contributed by atoms with Crippen molar-refractivity contribution in [3.05, 3.63) is 22.2 Å². The molecule has 1 aromatic carbocycles. The Kier molecular flexibility index (Phi) is 7.16. The highest BCUT2D eigenvalue weighted by atomic mass is 79.9. The van der Waals surface area contributed by atoms with E-state index in [1.807, 2.05) is 0 Å². The van der Waals surface area contributed by atoms with E-state index >= 15 is 0 Å². The molecule has 1 rings (SSSR count). The Morgan fingerprint density at radius 2 is 1.62 bits per heavy atom. The van der Waals surface area contributed by atoms with Crippen molar-refractivity contribution in [1.29, 1.82) is 0 Å². The molecule has 0 fully saturated rings.